The van der Waals surface area contributed by atoms with Crippen LogP contribution in [-0.4, -0.2) is 5.78 Å². The Balaban J connectivity index is 3.02. The van der Waals surface area contributed by atoms with Gasteiger partial charge in [0.15, 0.2) is 5.78 Å². The smallest absolute Gasteiger partial charge is 0.160 e. The highest BCUT2D eigenvalue weighted by atomic mass is 79.9. The third-order valence-electron chi connectivity index (χ3n) is 2.57. The molecule has 0 aliphatic carbocycles. The summed E-state index contributed by atoms with van der Waals surface area (Å²) in [6.45, 7) is 5.80. The molecule has 0 spiro atoms. The molecular formula is C13H17BrO. The third kappa shape index (κ3) is 3.16. The maximum absolute atomic E-state index is 11.3. The molecule has 0 heterocycles. The maximum Gasteiger partial charge on any atom is 0.160 e. The first-order valence-electron chi connectivity index (χ1n) is 5.36. The molecule has 0 amide bonds. The van der Waals surface area contributed by atoms with Gasteiger partial charge in [-0.3, -0.25) is 4.79 Å². The fourth-order valence-electron chi connectivity index (χ4n) is 1.68. The molecule has 1 rings (SSSR count). The quantitative estimate of drug-likeness (QED) is 0.745. The number of aryl methyl sites for hydroxylation is 2. The van der Waals surface area contributed by atoms with Crippen LogP contribution in [0.25, 0.3) is 0 Å². The molecule has 82 valence electrons. The van der Waals surface area contributed by atoms with E-state index >= 15 is 0 Å². The van der Waals surface area contributed by atoms with Crippen molar-refractivity contribution in [1.29, 1.82) is 0 Å². The van der Waals surface area contributed by atoms with Gasteiger partial charge in [0.1, 0.15) is 0 Å². The monoisotopic (exact) mass is 268 g/mol. The summed E-state index contributed by atoms with van der Waals surface area (Å²) in [5.41, 5.74) is 3.21. The van der Waals surface area contributed by atoms with Gasteiger partial charge in [-0.05, 0) is 43.9 Å². The summed E-state index contributed by atoms with van der Waals surface area (Å²) >= 11 is 3.53. The zero-order chi connectivity index (χ0) is 11.4. The number of hydrogen-bond acceptors (Lipinski definition) is 1. The zero-order valence-corrected chi connectivity index (χ0v) is 11.1. The molecule has 0 bridgehead atoms. The van der Waals surface area contributed by atoms with Crippen LogP contribution in [0.15, 0.2) is 16.6 Å². The summed E-state index contributed by atoms with van der Waals surface area (Å²) in [6.07, 6.45) is 3.47. The summed E-state index contributed by atoms with van der Waals surface area (Å²) in [5, 5.41) is 0. The summed E-state index contributed by atoms with van der Waals surface area (Å²) < 4.78 is 1.06. The van der Waals surface area contributed by atoms with E-state index in [0.717, 1.165) is 22.0 Å². The Morgan fingerprint density at radius 2 is 2.07 bits per heavy atom. The van der Waals surface area contributed by atoms with Crippen molar-refractivity contribution in [3.05, 3.63) is 33.3 Å². The maximum atomic E-state index is 11.3. The van der Waals surface area contributed by atoms with Crippen molar-refractivity contribution < 1.29 is 4.79 Å². The Kier molecular flexibility index (Phi) is 4.52. The zero-order valence-electron chi connectivity index (χ0n) is 9.56. The number of hydrogen-bond donors (Lipinski definition) is 0. The molecule has 0 fully saturated rings. The van der Waals surface area contributed by atoms with E-state index in [2.05, 4.69) is 28.9 Å². The van der Waals surface area contributed by atoms with Gasteiger partial charge in [-0.15, -0.1) is 0 Å². The molecule has 0 unspecified atom stereocenters. The molecule has 1 aromatic carbocycles. The van der Waals surface area contributed by atoms with Gasteiger partial charge in [0.2, 0.25) is 0 Å². The minimum absolute atomic E-state index is 0.134. The van der Waals surface area contributed by atoms with E-state index in [9.17, 15) is 4.79 Å². The van der Waals surface area contributed by atoms with E-state index in [-0.39, 0.29) is 5.78 Å². The summed E-state index contributed by atoms with van der Waals surface area (Å²) in [4.78, 5) is 11.3. The van der Waals surface area contributed by atoms with E-state index in [0.29, 0.717) is 0 Å². The van der Waals surface area contributed by atoms with Crippen LogP contribution in [0.4, 0.5) is 0 Å². The van der Waals surface area contributed by atoms with Gasteiger partial charge < -0.3 is 0 Å². The molecule has 1 aromatic rings. The lowest BCUT2D eigenvalue weighted by Crippen LogP contribution is -1.99. The van der Waals surface area contributed by atoms with Crippen molar-refractivity contribution in [3.63, 3.8) is 0 Å². The highest BCUT2D eigenvalue weighted by Crippen LogP contribution is 2.23. The molecule has 0 saturated heterocycles. The van der Waals surface area contributed by atoms with E-state index in [1.807, 2.05) is 13.0 Å². The number of ketones is 1. The van der Waals surface area contributed by atoms with Crippen molar-refractivity contribution in [2.24, 2.45) is 0 Å². The number of unbranched alkanes of at least 4 members (excludes halogenated alkanes) is 1. The number of Topliss-reactive ketones (excluding diaryl/α,β-unsaturated/α-hetero) is 1. The topological polar surface area (TPSA) is 17.1 Å². The first kappa shape index (κ1) is 12.4. The lowest BCUT2D eigenvalue weighted by Gasteiger charge is -2.08. The van der Waals surface area contributed by atoms with Crippen molar-refractivity contribution in [2.45, 2.75) is 40.0 Å². The Morgan fingerprint density at radius 1 is 1.40 bits per heavy atom. The molecule has 0 N–H and O–H groups in total. The highest BCUT2D eigenvalue weighted by molar-refractivity contribution is 9.10. The van der Waals surface area contributed by atoms with Crippen LogP contribution in [0.1, 0.15) is 48.2 Å². The van der Waals surface area contributed by atoms with Gasteiger partial charge in [0, 0.05) is 10.0 Å². The predicted molar refractivity (Wildman–Crippen MR) is 67.5 cm³/mol. The Hall–Kier alpha value is -0.630. The molecule has 0 atom stereocenters. The molecule has 2 heteroatoms. The van der Waals surface area contributed by atoms with E-state index < -0.39 is 0 Å². The fourth-order valence-corrected chi connectivity index (χ4v) is 2.22. The third-order valence-corrected chi connectivity index (χ3v) is 3.31. The number of carbonyl (C=O) groups is 1. The normalized spacial score (nSPS) is 10.4. The number of benzene rings is 1. The summed E-state index contributed by atoms with van der Waals surface area (Å²) in [7, 11) is 0. The largest absolute Gasteiger partial charge is 0.295 e. The average Bonchev–Trinajstić information content (AvgIpc) is 2.18. The Morgan fingerprint density at radius 3 is 2.60 bits per heavy atom. The average molecular weight is 269 g/mol. The standard InChI is InChI=1S/C13H17BrO/c1-4-5-6-11-7-9(2)12(10(3)15)8-13(11)14/h7-8H,4-6H2,1-3H3. The molecule has 15 heavy (non-hydrogen) atoms. The molecule has 0 saturated carbocycles. The second kappa shape index (κ2) is 5.45. The van der Waals surface area contributed by atoms with Crippen LogP contribution in [-0.2, 0) is 6.42 Å². The second-order valence-electron chi connectivity index (χ2n) is 3.92. The van der Waals surface area contributed by atoms with Crippen molar-refractivity contribution in [2.75, 3.05) is 0 Å². The number of rotatable bonds is 4. The van der Waals surface area contributed by atoms with Gasteiger partial charge in [-0.25, -0.2) is 0 Å². The fraction of sp³-hybridized carbons (Fsp3) is 0.462. The van der Waals surface area contributed by atoms with Crippen molar-refractivity contribution >= 4 is 21.7 Å². The molecular weight excluding hydrogens is 252 g/mol. The Bertz CT molecular complexity index is 369. The van der Waals surface area contributed by atoms with Gasteiger partial charge in [-0.2, -0.15) is 0 Å². The van der Waals surface area contributed by atoms with Crippen LogP contribution in [0.5, 0.6) is 0 Å². The van der Waals surface area contributed by atoms with Gasteiger partial charge in [0.05, 0.1) is 0 Å². The number of carbonyl (C=O) groups excluding carboxylic acids is 1. The minimum Gasteiger partial charge on any atom is -0.295 e. The number of halogens is 1. The SMILES string of the molecule is CCCCc1cc(C)c(C(C)=O)cc1Br. The first-order chi connectivity index (χ1) is 7.06. The molecule has 0 radical (unpaired) electrons. The van der Waals surface area contributed by atoms with Crippen molar-refractivity contribution in [1.82, 2.24) is 0 Å². The minimum atomic E-state index is 0.134. The highest BCUT2D eigenvalue weighted by Gasteiger charge is 2.08. The summed E-state index contributed by atoms with van der Waals surface area (Å²) in [5.74, 6) is 0.134. The first-order valence-corrected chi connectivity index (χ1v) is 6.15. The van der Waals surface area contributed by atoms with Crippen LogP contribution in [0, 0.1) is 6.92 Å². The molecule has 1 nitrogen and oxygen atoms in total. The summed E-state index contributed by atoms with van der Waals surface area (Å²) in [6, 6.07) is 4.07. The van der Waals surface area contributed by atoms with Crippen LogP contribution >= 0.6 is 15.9 Å². The van der Waals surface area contributed by atoms with E-state index in [1.54, 1.807) is 6.92 Å². The van der Waals surface area contributed by atoms with Crippen LogP contribution < -0.4 is 0 Å². The lowest BCUT2D eigenvalue weighted by molar-refractivity contribution is 0.101. The second-order valence-corrected chi connectivity index (χ2v) is 4.77. The van der Waals surface area contributed by atoms with E-state index in [4.69, 9.17) is 0 Å². The van der Waals surface area contributed by atoms with Gasteiger partial charge in [0.25, 0.3) is 0 Å². The Labute approximate surface area is 100 Å². The molecule has 0 aromatic heterocycles. The lowest BCUT2D eigenvalue weighted by atomic mass is 10.00. The van der Waals surface area contributed by atoms with Gasteiger partial charge in [-0.1, -0.05) is 35.3 Å². The molecule has 0 aliphatic rings. The predicted octanol–water partition coefficient (Wildman–Crippen LogP) is 4.30. The van der Waals surface area contributed by atoms with Crippen LogP contribution in [0.2, 0.25) is 0 Å². The van der Waals surface area contributed by atoms with Crippen molar-refractivity contribution in [3.8, 4) is 0 Å². The van der Waals surface area contributed by atoms with Crippen LogP contribution in [0.3, 0.4) is 0 Å². The van der Waals surface area contributed by atoms with E-state index in [1.165, 1.54) is 18.4 Å². The van der Waals surface area contributed by atoms with Gasteiger partial charge >= 0.3 is 0 Å². The molecule has 0 aliphatic heterocycles.